The summed E-state index contributed by atoms with van der Waals surface area (Å²) in [5, 5.41) is 3.40. The van der Waals surface area contributed by atoms with E-state index in [2.05, 4.69) is 40.3 Å². The van der Waals surface area contributed by atoms with Crippen LogP contribution in [0.3, 0.4) is 0 Å². The molecule has 1 aromatic rings. The van der Waals surface area contributed by atoms with Gasteiger partial charge in [-0.3, -0.25) is 0 Å². The molecule has 1 saturated heterocycles. The van der Waals surface area contributed by atoms with Gasteiger partial charge in [0.25, 0.3) is 0 Å². The van der Waals surface area contributed by atoms with E-state index in [1.165, 1.54) is 18.4 Å². The molecule has 0 bridgehead atoms. The van der Waals surface area contributed by atoms with Crippen LogP contribution in [0.1, 0.15) is 18.4 Å². The fourth-order valence-electron chi connectivity index (χ4n) is 2.00. The summed E-state index contributed by atoms with van der Waals surface area (Å²) in [5.74, 6) is 1.61. The minimum absolute atomic E-state index is 0. The molecule has 0 spiro atoms. The van der Waals surface area contributed by atoms with Crippen LogP contribution in [0.5, 0.6) is 5.75 Å². The van der Waals surface area contributed by atoms with Gasteiger partial charge in [0.1, 0.15) is 5.75 Å². The van der Waals surface area contributed by atoms with Crippen LogP contribution in [0.4, 0.5) is 0 Å². The summed E-state index contributed by atoms with van der Waals surface area (Å²) >= 11 is 3.53. The maximum atomic E-state index is 5.84. The van der Waals surface area contributed by atoms with E-state index >= 15 is 0 Å². The van der Waals surface area contributed by atoms with Crippen LogP contribution < -0.4 is 10.1 Å². The Morgan fingerprint density at radius 1 is 1.47 bits per heavy atom. The molecule has 2 rings (SSSR count). The van der Waals surface area contributed by atoms with Crippen LogP contribution >= 0.6 is 28.3 Å². The Kier molecular flexibility index (Phi) is 6.31. The summed E-state index contributed by atoms with van der Waals surface area (Å²) < 4.78 is 6.90. The summed E-state index contributed by atoms with van der Waals surface area (Å²) in [6.45, 7) is 5.14. The summed E-state index contributed by atoms with van der Waals surface area (Å²) in [6, 6.07) is 6.21. The highest BCUT2D eigenvalue weighted by Gasteiger charge is 2.14. The van der Waals surface area contributed by atoms with Gasteiger partial charge in [-0.1, -0.05) is 6.07 Å². The summed E-state index contributed by atoms with van der Waals surface area (Å²) in [6.07, 6.45) is 2.54. The molecule has 2 nitrogen and oxygen atoms in total. The van der Waals surface area contributed by atoms with Gasteiger partial charge in [-0.2, -0.15) is 0 Å². The Labute approximate surface area is 118 Å². The Hall–Kier alpha value is -0.250. The average molecular weight is 321 g/mol. The second-order valence-corrected chi connectivity index (χ2v) is 5.31. The second kappa shape index (κ2) is 7.24. The van der Waals surface area contributed by atoms with Crippen molar-refractivity contribution in [2.75, 3.05) is 19.7 Å². The van der Waals surface area contributed by atoms with E-state index in [0.29, 0.717) is 5.92 Å². The van der Waals surface area contributed by atoms with Crippen LogP contribution in [0.2, 0.25) is 0 Å². The summed E-state index contributed by atoms with van der Waals surface area (Å²) in [7, 11) is 0. The van der Waals surface area contributed by atoms with Crippen LogP contribution in [-0.4, -0.2) is 19.7 Å². The van der Waals surface area contributed by atoms with Crippen molar-refractivity contribution in [1.29, 1.82) is 0 Å². The van der Waals surface area contributed by atoms with Crippen molar-refractivity contribution >= 4 is 28.3 Å². The van der Waals surface area contributed by atoms with Crippen molar-refractivity contribution in [2.24, 2.45) is 5.92 Å². The largest absolute Gasteiger partial charge is 0.492 e. The van der Waals surface area contributed by atoms with E-state index in [9.17, 15) is 0 Å². The lowest BCUT2D eigenvalue weighted by atomic mass is 10.0. The topological polar surface area (TPSA) is 21.3 Å². The number of aryl methyl sites for hydroxylation is 1. The molecule has 1 atom stereocenters. The summed E-state index contributed by atoms with van der Waals surface area (Å²) in [5.41, 5.74) is 1.25. The number of rotatable bonds is 3. The highest BCUT2D eigenvalue weighted by molar-refractivity contribution is 9.10. The van der Waals surface area contributed by atoms with Gasteiger partial charge in [0.05, 0.1) is 11.1 Å². The molecule has 1 aliphatic heterocycles. The highest BCUT2D eigenvalue weighted by atomic mass is 79.9. The minimum atomic E-state index is 0. The van der Waals surface area contributed by atoms with Gasteiger partial charge in [-0.15, -0.1) is 12.4 Å². The molecule has 0 amide bonds. The molecule has 17 heavy (non-hydrogen) atoms. The molecular weight excluding hydrogens is 302 g/mol. The number of ether oxygens (including phenoxy) is 1. The van der Waals surface area contributed by atoms with Gasteiger partial charge in [-0.05, 0) is 59.9 Å². The monoisotopic (exact) mass is 319 g/mol. The van der Waals surface area contributed by atoms with E-state index in [1.807, 2.05) is 6.07 Å². The Morgan fingerprint density at radius 3 is 2.94 bits per heavy atom. The number of benzene rings is 1. The van der Waals surface area contributed by atoms with Gasteiger partial charge in [-0.25, -0.2) is 0 Å². The molecule has 0 radical (unpaired) electrons. The molecular formula is C13H19BrClNO. The fourth-order valence-corrected chi connectivity index (χ4v) is 2.60. The molecule has 0 aliphatic carbocycles. The molecule has 1 unspecified atom stereocenters. The number of halogens is 2. The fraction of sp³-hybridized carbons (Fsp3) is 0.538. The first-order chi connectivity index (χ1) is 7.75. The molecule has 1 heterocycles. The maximum absolute atomic E-state index is 5.84. The van der Waals surface area contributed by atoms with Gasteiger partial charge in [0, 0.05) is 12.5 Å². The molecule has 1 N–H and O–H groups in total. The molecule has 1 aliphatic rings. The first-order valence-electron chi connectivity index (χ1n) is 5.85. The smallest absolute Gasteiger partial charge is 0.133 e. The second-order valence-electron chi connectivity index (χ2n) is 4.46. The maximum Gasteiger partial charge on any atom is 0.133 e. The van der Waals surface area contributed by atoms with Gasteiger partial charge in [0.15, 0.2) is 0 Å². The zero-order valence-electron chi connectivity index (χ0n) is 10.0. The molecule has 1 aromatic carbocycles. The third-order valence-corrected chi connectivity index (χ3v) is 3.58. The lowest BCUT2D eigenvalue weighted by Crippen LogP contribution is -2.33. The predicted molar refractivity (Wildman–Crippen MR) is 77.2 cm³/mol. The molecule has 0 saturated carbocycles. The van der Waals surface area contributed by atoms with Gasteiger partial charge >= 0.3 is 0 Å². The van der Waals surface area contributed by atoms with Crippen LogP contribution in [0.25, 0.3) is 0 Å². The third-order valence-electron chi connectivity index (χ3n) is 2.96. The lowest BCUT2D eigenvalue weighted by Gasteiger charge is -2.23. The van der Waals surface area contributed by atoms with Gasteiger partial charge < -0.3 is 10.1 Å². The van der Waals surface area contributed by atoms with Gasteiger partial charge in [0.2, 0.25) is 0 Å². The van der Waals surface area contributed by atoms with E-state index in [-0.39, 0.29) is 12.4 Å². The molecule has 4 heteroatoms. The molecule has 96 valence electrons. The Balaban J connectivity index is 0.00000144. The Bertz CT molecular complexity index is 353. The van der Waals surface area contributed by atoms with Crippen molar-refractivity contribution in [1.82, 2.24) is 5.32 Å². The molecule has 0 aromatic heterocycles. The van der Waals surface area contributed by atoms with Crippen molar-refractivity contribution in [3.63, 3.8) is 0 Å². The standard InChI is InChI=1S/C13H18BrNO.ClH/c1-10-4-5-13(12(14)7-10)16-9-11-3-2-6-15-8-11;/h4-5,7,11,15H,2-3,6,8-9H2,1H3;1H. The van der Waals surface area contributed by atoms with Crippen molar-refractivity contribution < 1.29 is 4.74 Å². The average Bonchev–Trinajstić information content (AvgIpc) is 2.29. The van der Waals surface area contributed by atoms with Crippen LogP contribution in [0.15, 0.2) is 22.7 Å². The zero-order valence-corrected chi connectivity index (χ0v) is 12.4. The van der Waals surface area contributed by atoms with E-state index in [4.69, 9.17) is 4.74 Å². The number of nitrogens with one attached hydrogen (secondary N) is 1. The first-order valence-corrected chi connectivity index (χ1v) is 6.64. The Morgan fingerprint density at radius 2 is 2.29 bits per heavy atom. The predicted octanol–water partition coefficient (Wildman–Crippen LogP) is 3.56. The minimum Gasteiger partial charge on any atom is -0.492 e. The SMILES string of the molecule is Cc1ccc(OCC2CCCNC2)c(Br)c1.Cl. The van der Waals surface area contributed by atoms with Crippen LogP contribution in [0, 0.1) is 12.8 Å². The van der Waals surface area contributed by atoms with Crippen LogP contribution in [-0.2, 0) is 0 Å². The quantitative estimate of drug-likeness (QED) is 0.919. The highest BCUT2D eigenvalue weighted by Crippen LogP contribution is 2.26. The van der Waals surface area contributed by atoms with Crippen molar-refractivity contribution in [3.8, 4) is 5.75 Å². The zero-order chi connectivity index (χ0) is 11.4. The normalized spacial score (nSPS) is 19.5. The van der Waals surface area contributed by atoms with Crippen molar-refractivity contribution in [3.05, 3.63) is 28.2 Å². The van der Waals surface area contributed by atoms with Crippen molar-refractivity contribution in [2.45, 2.75) is 19.8 Å². The third kappa shape index (κ3) is 4.49. The number of hydrogen-bond acceptors (Lipinski definition) is 2. The summed E-state index contributed by atoms with van der Waals surface area (Å²) in [4.78, 5) is 0. The lowest BCUT2D eigenvalue weighted by molar-refractivity contribution is 0.217. The number of hydrogen-bond donors (Lipinski definition) is 1. The number of piperidine rings is 1. The first kappa shape index (κ1) is 14.8. The van der Waals surface area contributed by atoms with E-state index in [1.54, 1.807) is 0 Å². The van der Waals surface area contributed by atoms with E-state index in [0.717, 1.165) is 29.9 Å². The van der Waals surface area contributed by atoms with E-state index < -0.39 is 0 Å². The molecule has 1 fully saturated rings.